The summed E-state index contributed by atoms with van der Waals surface area (Å²) < 4.78 is 5.70. The Kier molecular flexibility index (Phi) is 6.01. The van der Waals surface area contributed by atoms with Gasteiger partial charge in [-0.2, -0.15) is 0 Å². The lowest BCUT2D eigenvalue weighted by Crippen LogP contribution is -2.54. The Labute approximate surface area is 200 Å². The molecule has 0 aliphatic carbocycles. The monoisotopic (exact) mass is 463 g/mol. The maximum Gasteiger partial charge on any atom is 0.270 e. The summed E-state index contributed by atoms with van der Waals surface area (Å²) in [6, 6.07) is 13.1. The van der Waals surface area contributed by atoms with Gasteiger partial charge in [0, 0.05) is 29.4 Å². The van der Waals surface area contributed by atoms with Gasteiger partial charge in [-0.05, 0) is 75.2 Å². The molecule has 0 radical (unpaired) electrons. The number of carbonyl (C=O) groups is 2. The van der Waals surface area contributed by atoms with Gasteiger partial charge < -0.3 is 9.64 Å². The van der Waals surface area contributed by atoms with Crippen molar-refractivity contribution < 1.29 is 14.3 Å². The van der Waals surface area contributed by atoms with Crippen molar-refractivity contribution in [1.29, 1.82) is 0 Å². The predicted molar refractivity (Wildman–Crippen MR) is 136 cm³/mol. The van der Waals surface area contributed by atoms with E-state index in [9.17, 15) is 9.59 Å². The van der Waals surface area contributed by atoms with E-state index in [1.54, 1.807) is 25.3 Å². The van der Waals surface area contributed by atoms with Crippen molar-refractivity contribution in [2.45, 2.75) is 45.6 Å². The molecule has 1 unspecified atom stereocenters. The number of nitrogens with one attached hydrogen (secondary N) is 1. The van der Waals surface area contributed by atoms with Gasteiger partial charge in [0.05, 0.1) is 12.8 Å². The molecular weight excluding hydrogens is 434 g/mol. The Morgan fingerprint density at radius 2 is 1.91 bits per heavy atom. The van der Waals surface area contributed by atoms with Crippen LogP contribution in [0.4, 0.5) is 11.4 Å². The molecule has 2 aromatic rings. The van der Waals surface area contributed by atoms with Crippen LogP contribution >= 0.6 is 12.2 Å². The Hall–Kier alpha value is -3.19. The summed E-state index contributed by atoms with van der Waals surface area (Å²) in [5, 5.41) is 2.71. The zero-order valence-electron chi connectivity index (χ0n) is 19.6. The molecule has 1 N–H and O–H groups in total. The second-order valence-electron chi connectivity index (χ2n) is 9.11. The van der Waals surface area contributed by atoms with E-state index in [1.807, 2.05) is 30.3 Å². The third-order valence-electron chi connectivity index (χ3n) is 6.47. The summed E-state index contributed by atoms with van der Waals surface area (Å²) in [6.45, 7) is 9.75. The van der Waals surface area contributed by atoms with Crippen LogP contribution in [0, 0.1) is 0 Å². The van der Waals surface area contributed by atoms with E-state index in [1.165, 1.54) is 10.5 Å². The molecular formula is C26H29N3O3S. The normalized spacial score (nSPS) is 21.2. The van der Waals surface area contributed by atoms with Crippen molar-refractivity contribution in [1.82, 2.24) is 5.32 Å². The van der Waals surface area contributed by atoms with Gasteiger partial charge in [-0.25, -0.2) is 0 Å². The first-order valence-corrected chi connectivity index (χ1v) is 11.5. The lowest BCUT2D eigenvalue weighted by atomic mass is 9.79. The number of benzene rings is 2. The van der Waals surface area contributed by atoms with Crippen LogP contribution in [0.1, 0.15) is 51.2 Å². The Morgan fingerprint density at radius 1 is 1.21 bits per heavy atom. The number of rotatable bonds is 4. The van der Waals surface area contributed by atoms with Crippen LogP contribution in [0.25, 0.3) is 6.08 Å². The van der Waals surface area contributed by atoms with Gasteiger partial charge in [-0.15, -0.1) is 0 Å². The highest BCUT2D eigenvalue weighted by molar-refractivity contribution is 7.80. The van der Waals surface area contributed by atoms with E-state index < -0.39 is 11.8 Å². The van der Waals surface area contributed by atoms with Gasteiger partial charge in [0.25, 0.3) is 11.8 Å². The average Bonchev–Trinajstić information content (AvgIpc) is 2.76. The number of hydrogen-bond donors (Lipinski definition) is 1. The van der Waals surface area contributed by atoms with E-state index in [2.05, 4.69) is 37.9 Å². The van der Waals surface area contributed by atoms with Gasteiger partial charge in [-0.1, -0.05) is 25.1 Å². The molecule has 0 aromatic heterocycles. The zero-order chi connectivity index (χ0) is 23.9. The van der Waals surface area contributed by atoms with Gasteiger partial charge in [0.1, 0.15) is 11.3 Å². The molecule has 1 atom stereocenters. The van der Waals surface area contributed by atoms with Crippen LogP contribution in [-0.4, -0.2) is 36.1 Å². The van der Waals surface area contributed by atoms with Gasteiger partial charge in [-0.3, -0.25) is 19.8 Å². The highest BCUT2D eigenvalue weighted by Crippen LogP contribution is 2.46. The van der Waals surface area contributed by atoms with Gasteiger partial charge in [0.15, 0.2) is 5.11 Å². The average molecular weight is 464 g/mol. The van der Waals surface area contributed by atoms with Crippen molar-refractivity contribution in [3.8, 4) is 5.75 Å². The molecule has 33 heavy (non-hydrogen) atoms. The second kappa shape index (κ2) is 8.63. The highest BCUT2D eigenvalue weighted by atomic mass is 32.1. The number of nitrogens with zero attached hydrogens (tertiary/aromatic N) is 2. The lowest BCUT2D eigenvalue weighted by molar-refractivity contribution is -0.122. The first kappa shape index (κ1) is 23.0. The zero-order valence-corrected chi connectivity index (χ0v) is 20.5. The van der Waals surface area contributed by atoms with Crippen molar-refractivity contribution in [3.05, 3.63) is 59.2 Å². The molecule has 6 nitrogen and oxygen atoms in total. The molecule has 2 amide bonds. The first-order valence-electron chi connectivity index (χ1n) is 11.1. The van der Waals surface area contributed by atoms with E-state index in [0.717, 1.165) is 18.7 Å². The van der Waals surface area contributed by atoms with Crippen LogP contribution in [0.3, 0.4) is 0 Å². The summed E-state index contributed by atoms with van der Waals surface area (Å²) in [5.41, 5.74) is 3.65. The third kappa shape index (κ3) is 4.02. The summed E-state index contributed by atoms with van der Waals surface area (Å²) in [7, 11) is 1.60. The Morgan fingerprint density at radius 3 is 2.55 bits per heavy atom. The Bertz CT molecular complexity index is 1160. The molecule has 2 aromatic carbocycles. The van der Waals surface area contributed by atoms with Crippen LogP contribution in [0.5, 0.6) is 5.75 Å². The largest absolute Gasteiger partial charge is 0.496 e. The van der Waals surface area contributed by atoms with Crippen molar-refractivity contribution in [3.63, 3.8) is 0 Å². The van der Waals surface area contributed by atoms with E-state index >= 15 is 0 Å². The standard InChI is InChI=1S/C26H29N3O3S/c1-6-28-21-14-22(32-5)17(12-19(21)16(2)15-26(28,3)4)13-20-23(30)27-25(33)29(24(20)31)18-10-8-7-9-11-18/h7-14,16H,6,15H2,1-5H3,(H,27,30,33)/b20-13-. The fraction of sp³-hybridized carbons (Fsp3) is 0.346. The van der Waals surface area contributed by atoms with Gasteiger partial charge >= 0.3 is 0 Å². The van der Waals surface area contributed by atoms with Crippen molar-refractivity contribution >= 4 is 46.6 Å². The van der Waals surface area contributed by atoms with Crippen LogP contribution in [0.2, 0.25) is 0 Å². The number of para-hydroxylation sites is 1. The number of anilines is 2. The summed E-state index contributed by atoms with van der Waals surface area (Å²) in [5.74, 6) is -0.0323. The maximum absolute atomic E-state index is 13.3. The topological polar surface area (TPSA) is 61.9 Å². The molecule has 172 valence electrons. The fourth-order valence-corrected chi connectivity index (χ4v) is 5.32. The number of methoxy groups -OCH3 is 1. The van der Waals surface area contributed by atoms with Crippen molar-refractivity contribution in [2.75, 3.05) is 23.5 Å². The minimum absolute atomic E-state index is 0.0156. The highest BCUT2D eigenvalue weighted by Gasteiger charge is 2.37. The number of ether oxygens (including phenoxy) is 1. The first-order chi connectivity index (χ1) is 15.7. The quantitative estimate of drug-likeness (QED) is 0.407. The summed E-state index contributed by atoms with van der Waals surface area (Å²) in [6.07, 6.45) is 2.61. The maximum atomic E-state index is 13.3. The fourth-order valence-electron chi connectivity index (χ4n) is 5.04. The second-order valence-corrected chi connectivity index (χ2v) is 9.49. The molecule has 0 bridgehead atoms. The molecule has 7 heteroatoms. The molecule has 0 saturated carbocycles. The van der Waals surface area contributed by atoms with Gasteiger partial charge in [0.2, 0.25) is 0 Å². The number of thiocarbonyl (C=S) groups is 1. The van der Waals surface area contributed by atoms with Crippen LogP contribution in [-0.2, 0) is 9.59 Å². The molecule has 1 fully saturated rings. The molecule has 2 heterocycles. The Balaban J connectivity index is 1.81. The molecule has 2 aliphatic heterocycles. The molecule has 1 saturated heterocycles. The van der Waals surface area contributed by atoms with E-state index in [4.69, 9.17) is 17.0 Å². The van der Waals surface area contributed by atoms with E-state index in [0.29, 0.717) is 22.9 Å². The molecule has 4 rings (SSSR count). The minimum atomic E-state index is -0.513. The summed E-state index contributed by atoms with van der Waals surface area (Å²) >= 11 is 5.29. The third-order valence-corrected chi connectivity index (χ3v) is 6.75. The van der Waals surface area contributed by atoms with E-state index in [-0.39, 0.29) is 16.2 Å². The molecule has 2 aliphatic rings. The molecule has 0 spiro atoms. The number of hydrogen-bond acceptors (Lipinski definition) is 5. The number of amides is 2. The van der Waals surface area contributed by atoms with Crippen LogP contribution in [0.15, 0.2) is 48.0 Å². The van der Waals surface area contributed by atoms with Crippen molar-refractivity contribution in [2.24, 2.45) is 0 Å². The minimum Gasteiger partial charge on any atom is -0.496 e. The summed E-state index contributed by atoms with van der Waals surface area (Å²) in [4.78, 5) is 29.8. The number of fused-ring (bicyclic) bond motifs is 1. The number of carbonyl (C=O) groups excluding carboxylic acids is 2. The van der Waals surface area contributed by atoms with Crippen LogP contribution < -0.4 is 19.9 Å². The predicted octanol–water partition coefficient (Wildman–Crippen LogP) is 4.64. The smallest absolute Gasteiger partial charge is 0.270 e. The lowest BCUT2D eigenvalue weighted by Gasteiger charge is -2.47. The SMILES string of the molecule is CCN1c2cc(OC)c(/C=C3/C(=O)NC(=S)N(c4ccccc4)C3=O)cc2C(C)CC1(C)C.